The lowest BCUT2D eigenvalue weighted by molar-refractivity contribution is 0.0336. The zero-order valence-electron chi connectivity index (χ0n) is 14.0. The Bertz CT molecular complexity index is 793. The van der Waals surface area contributed by atoms with Gasteiger partial charge in [0.2, 0.25) is 0 Å². The molecule has 5 heteroatoms. The van der Waals surface area contributed by atoms with E-state index in [0.29, 0.717) is 0 Å². The predicted octanol–water partition coefficient (Wildman–Crippen LogP) is 3.70. The van der Waals surface area contributed by atoms with Crippen LogP contribution in [0.25, 0.3) is 11.3 Å². The number of para-hydroxylation sites is 1. The van der Waals surface area contributed by atoms with Crippen LogP contribution in [0.3, 0.4) is 0 Å². The fourth-order valence-corrected chi connectivity index (χ4v) is 2.91. The number of hydrogen-bond donors (Lipinski definition) is 1. The molecule has 2 heterocycles. The average Bonchev–Trinajstić information content (AvgIpc) is 3.12. The van der Waals surface area contributed by atoms with Crippen molar-refractivity contribution in [3.05, 3.63) is 66.4 Å². The molecule has 3 aromatic rings. The van der Waals surface area contributed by atoms with Gasteiger partial charge in [0.05, 0.1) is 18.9 Å². The second kappa shape index (κ2) is 7.51. The van der Waals surface area contributed by atoms with Gasteiger partial charge < -0.3 is 9.47 Å². The van der Waals surface area contributed by atoms with Crippen LogP contribution in [0, 0.1) is 0 Å². The molecule has 128 valence electrons. The van der Waals surface area contributed by atoms with Crippen molar-refractivity contribution in [2.24, 2.45) is 0 Å². The van der Waals surface area contributed by atoms with Crippen molar-refractivity contribution in [1.82, 2.24) is 15.1 Å². The lowest BCUT2D eigenvalue weighted by atomic mass is 10.1. The molecular formula is C20H21N3O2. The molecule has 1 aromatic heterocycles. The van der Waals surface area contributed by atoms with Crippen molar-refractivity contribution in [2.75, 3.05) is 26.3 Å². The number of rotatable bonds is 5. The number of H-pyrrole nitrogens is 1. The Kier molecular flexibility index (Phi) is 4.77. The first-order chi connectivity index (χ1) is 12.4. The summed E-state index contributed by atoms with van der Waals surface area (Å²) >= 11 is 0. The highest BCUT2D eigenvalue weighted by molar-refractivity contribution is 5.60. The van der Waals surface area contributed by atoms with E-state index in [-0.39, 0.29) is 0 Å². The molecule has 5 nitrogen and oxygen atoms in total. The van der Waals surface area contributed by atoms with E-state index in [1.54, 1.807) is 0 Å². The monoisotopic (exact) mass is 335 g/mol. The molecule has 25 heavy (non-hydrogen) atoms. The van der Waals surface area contributed by atoms with Gasteiger partial charge in [-0.05, 0) is 42.5 Å². The third kappa shape index (κ3) is 4.07. The smallest absolute Gasteiger partial charge is 0.127 e. The molecule has 1 fully saturated rings. The number of ether oxygens (including phenoxy) is 2. The van der Waals surface area contributed by atoms with Gasteiger partial charge in [-0.1, -0.05) is 18.2 Å². The van der Waals surface area contributed by atoms with Gasteiger partial charge >= 0.3 is 0 Å². The van der Waals surface area contributed by atoms with Gasteiger partial charge in [-0.2, -0.15) is 5.10 Å². The van der Waals surface area contributed by atoms with Crippen LogP contribution in [0.2, 0.25) is 0 Å². The molecule has 1 aliphatic heterocycles. The second-order valence-electron chi connectivity index (χ2n) is 6.11. The van der Waals surface area contributed by atoms with E-state index in [4.69, 9.17) is 9.47 Å². The Labute approximate surface area is 147 Å². The molecule has 0 unspecified atom stereocenters. The van der Waals surface area contributed by atoms with E-state index in [1.165, 1.54) is 0 Å². The van der Waals surface area contributed by atoms with Crippen LogP contribution in [0.4, 0.5) is 0 Å². The van der Waals surface area contributed by atoms with Crippen LogP contribution < -0.4 is 4.74 Å². The van der Waals surface area contributed by atoms with Crippen LogP contribution in [0.1, 0.15) is 5.69 Å². The number of nitrogens with one attached hydrogen (secondary N) is 1. The fraction of sp³-hybridized carbons (Fsp3) is 0.250. The fourth-order valence-electron chi connectivity index (χ4n) is 2.91. The lowest BCUT2D eigenvalue weighted by Gasteiger charge is -2.25. The van der Waals surface area contributed by atoms with E-state index < -0.39 is 0 Å². The lowest BCUT2D eigenvalue weighted by Crippen LogP contribution is -2.35. The number of hydrogen-bond acceptors (Lipinski definition) is 4. The predicted molar refractivity (Wildman–Crippen MR) is 96.6 cm³/mol. The summed E-state index contributed by atoms with van der Waals surface area (Å²) in [6.07, 6.45) is 0. The molecular weight excluding hydrogens is 314 g/mol. The second-order valence-corrected chi connectivity index (χ2v) is 6.11. The molecule has 0 saturated carbocycles. The van der Waals surface area contributed by atoms with E-state index >= 15 is 0 Å². The molecule has 0 radical (unpaired) electrons. The SMILES string of the molecule is c1ccc(Oc2ccc(-c3cc(CN4CCOCC4)[nH]n3)cc2)cc1. The van der Waals surface area contributed by atoms with Crippen molar-refractivity contribution < 1.29 is 9.47 Å². The van der Waals surface area contributed by atoms with Gasteiger partial charge in [0.25, 0.3) is 0 Å². The zero-order valence-corrected chi connectivity index (χ0v) is 14.0. The van der Waals surface area contributed by atoms with Crippen LogP contribution in [0.5, 0.6) is 11.5 Å². The minimum Gasteiger partial charge on any atom is -0.457 e. The molecule has 1 saturated heterocycles. The summed E-state index contributed by atoms with van der Waals surface area (Å²) in [7, 11) is 0. The van der Waals surface area contributed by atoms with E-state index in [0.717, 1.165) is 61.3 Å². The van der Waals surface area contributed by atoms with Crippen LogP contribution in [0.15, 0.2) is 60.7 Å². The highest BCUT2D eigenvalue weighted by Gasteiger charge is 2.12. The molecule has 0 atom stereocenters. The highest BCUT2D eigenvalue weighted by Crippen LogP contribution is 2.25. The summed E-state index contributed by atoms with van der Waals surface area (Å²) in [5.41, 5.74) is 3.15. The topological polar surface area (TPSA) is 50.4 Å². The van der Waals surface area contributed by atoms with Crippen LogP contribution >= 0.6 is 0 Å². The molecule has 0 bridgehead atoms. The number of aromatic amines is 1. The summed E-state index contributed by atoms with van der Waals surface area (Å²) in [5, 5.41) is 7.58. The molecule has 1 aliphatic rings. The van der Waals surface area contributed by atoms with Crippen molar-refractivity contribution in [1.29, 1.82) is 0 Å². The zero-order chi connectivity index (χ0) is 16.9. The van der Waals surface area contributed by atoms with Gasteiger partial charge in [0.15, 0.2) is 0 Å². The van der Waals surface area contributed by atoms with E-state index in [9.17, 15) is 0 Å². The minimum absolute atomic E-state index is 0.809. The first kappa shape index (κ1) is 15.9. The van der Waals surface area contributed by atoms with Crippen LogP contribution in [-0.4, -0.2) is 41.4 Å². The van der Waals surface area contributed by atoms with Crippen molar-refractivity contribution in [3.63, 3.8) is 0 Å². The average molecular weight is 335 g/mol. The Morgan fingerprint density at radius 3 is 2.44 bits per heavy atom. The maximum absolute atomic E-state index is 5.83. The third-order valence-corrected chi connectivity index (χ3v) is 4.26. The van der Waals surface area contributed by atoms with Gasteiger partial charge in [0.1, 0.15) is 11.5 Å². The standard InChI is InChI=1S/C20H21N3O2/c1-2-4-18(5-3-1)25-19-8-6-16(7-9-19)20-14-17(21-22-20)15-23-10-12-24-13-11-23/h1-9,14H,10-13,15H2,(H,21,22). The Balaban J connectivity index is 1.41. The molecule has 0 aliphatic carbocycles. The number of aromatic nitrogens is 2. The van der Waals surface area contributed by atoms with Crippen molar-refractivity contribution in [2.45, 2.75) is 6.54 Å². The largest absolute Gasteiger partial charge is 0.457 e. The number of benzene rings is 2. The molecule has 4 rings (SSSR count). The van der Waals surface area contributed by atoms with Gasteiger partial charge in [-0.25, -0.2) is 0 Å². The van der Waals surface area contributed by atoms with E-state index in [1.807, 2.05) is 54.6 Å². The minimum atomic E-state index is 0.809. The van der Waals surface area contributed by atoms with Crippen molar-refractivity contribution >= 4 is 0 Å². The summed E-state index contributed by atoms with van der Waals surface area (Å²) in [6, 6.07) is 19.9. The van der Waals surface area contributed by atoms with Crippen LogP contribution in [-0.2, 0) is 11.3 Å². The Morgan fingerprint density at radius 2 is 1.68 bits per heavy atom. The third-order valence-electron chi connectivity index (χ3n) is 4.26. The number of morpholine rings is 1. The van der Waals surface area contributed by atoms with E-state index in [2.05, 4.69) is 21.2 Å². The normalized spacial score (nSPS) is 15.2. The maximum Gasteiger partial charge on any atom is 0.127 e. The Morgan fingerprint density at radius 1 is 0.960 bits per heavy atom. The quantitative estimate of drug-likeness (QED) is 0.772. The molecule has 2 aromatic carbocycles. The van der Waals surface area contributed by atoms with Gasteiger partial charge in [0, 0.05) is 30.9 Å². The summed E-state index contributed by atoms with van der Waals surface area (Å²) in [4.78, 5) is 2.37. The maximum atomic E-state index is 5.83. The summed E-state index contributed by atoms with van der Waals surface area (Å²) in [5.74, 6) is 1.65. The van der Waals surface area contributed by atoms with Gasteiger partial charge in [-0.15, -0.1) is 0 Å². The molecule has 0 amide bonds. The van der Waals surface area contributed by atoms with Gasteiger partial charge in [-0.3, -0.25) is 10.00 Å². The Hall–Kier alpha value is -2.63. The summed E-state index contributed by atoms with van der Waals surface area (Å²) < 4.78 is 11.2. The van der Waals surface area contributed by atoms with Crippen molar-refractivity contribution in [3.8, 4) is 22.8 Å². The molecule has 0 spiro atoms. The molecule has 1 N–H and O–H groups in total. The first-order valence-electron chi connectivity index (χ1n) is 8.54. The highest BCUT2D eigenvalue weighted by atomic mass is 16.5. The summed E-state index contributed by atoms with van der Waals surface area (Å²) in [6.45, 7) is 4.44. The number of nitrogens with zero attached hydrogens (tertiary/aromatic N) is 2. The first-order valence-corrected chi connectivity index (χ1v) is 8.54.